The van der Waals surface area contributed by atoms with Crippen molar-refractivity contribution in [3.05, 3.63) is 59.8 Å². The van der Waals surface area contributed by atoms with E-state index in [-0.39, 0.29) is 24.4 Å². The van der Waals surface area contributed by atoms with E-state index >= 15 is 0 Å². The number of carbonyl (C=O) groups is 1. The van der Waals surface area contributed by atoms with Gasteiger partial charge in [0.1, 0.15) is 24.2 Å². The number of hydrogen-bond donors (Lipinski definition) is 1. The number of rotatable bonds is 2. The van der Waals surface area contributed by atoms with E-state index in [1.54, 1.807) is 11.0 Å². The largest absolute Gasteiger partial charge is 0.433 e. The minimum atomic E-state index is -4.49. The molecule has 5 nitrogen and oxygen atoms in total. The zero-order chi connectivity index (χ0) is 19.1. The third-order valence-corrected chi connectivity index (χ3v) is 5.13. The number of hydrogen-bond acceptors (Lipinski definition) is 4. The van der Waals surface area contributed by atoms with Crippen LogP contribution in [0.5, 0.6) is 0 Å². The number of pyridine rings is 1. The second-order valence-corrected chi connectivity index (χ2v) is 6.76. The summed E-state index contributed by atoms with van der Waals surface area (Å²) in [4.78, 5) is 17.6. The van der Waals surface area contributed by atoms with E-state index in [0.29, 0.717) is 19.5 Å². The average molecular weight is 377 g/mol. The molecule has 4 rings (SSSR count). The number of morpholine rings is 1. The van der Waals surface area contributed by atoms with Crippen LogP contribution in [-0.2, 0) is 21.2 Å². The number of alkyl halides is 3. The van der Waals surface area contributed by atoms with E-state index in [2.05, 4.69) is 10.3 Å². The number of aromatic nitrogens is 1. The first kappa shape index (κ1) is 17.8. The molecule has 2 aliphatic heterocycles. The highest BCUT2D eigenvalue weighted by atomic mass is 19.4. The first-order chi connectivity index (χ1) is 12.9. The SMILES string of the molecule is O=C1CO[C@@H]2CN(c3cccc(C(F)(F)F)n3)CC[C@@]2(c2ccccc2)N1. The number of nitrogens with zero attached hydrogens (tertiary/aromatic N) is 2. The Morgan fingerprint density at radius 3 is 2.67 bits per heavy atom. The molecule has 1 aromatic heterocycles. The number of anilines is 1. The molecular formula is C19H18F3N3O2. The highest BCUT2D eigenvalue weighted by Crippen LogP contribution is 2.38. The summed E-state index contributed by atoms with van der Waals surface area (Å²) in [6.07, 6.45) is -4.37. The van der Waals surface area contributed by atoms with Gasteiger partial charge in [-0.25, -0.2) is 4.98 Å². The maximum absolute atomic E-state index is 13.0. The van der Waals surface area contributed by atoms with Crippen molar-refractivity contribution in [1.29, 1.82) is 0 Å². The van der Waals surface area contributed by atoms with Crippen LogP contribution in [0.1, 0.15) is 17.7 Å². The van der Waals surface area contributed by atoms with Gasteiger partial charge in [-0.3, -0.25) is 4.79 Å². The summed E-state index contributed by atoms with van der Waals surface area (Å²) in [6, 6.07) is 13.4. The Morgan fingerprint density at radius 2 is 1.93 bits per heavy atom. The van der Waals surface area contributed by atoms with E-state index < -0.39 is 17.4 Å². The molecule has 0 unspecified atom stereocenters. The van der Waals surface area contributed by atoms with Gasteiger partial charge in [0.05, 0.1) is 5.54 Å². The molecule has 2 fully saturated rings. The normalized spacial score (nSPS) is 25.7. The van der Waals surface area contributed by atoms with Crippen molar-refractivity contribution in [3.63, 3.8) is 0 Å². The van der Waals surface area contributed by atoms with Crippen molar-refractivity contribution in [2.45, 2.75) is 24.2 Å². The third-order valence-electron chi connectivity index (χ3n) is 5.13. The maximum atomic E-state index is 13.0. The van der Waals surface area contributed by atoms with E-state index in [9.17, 15) is 18.0 Å². The number of nitrogens with one attached hydrogen (secondary N) is 1. The van der Waals surface area contributed by atoms with E-state index in [1.807, 2.05) is 30.3 Å². The third kappa shape index (κ3) is 3.25. The monoisotopic (exact) mass is 377 g/mol. The van der Waals surface area contributed by atoms with E-state index in [1.165, 1.54) is 6.07 Å². The summed E-state index contributed by atoms with van der Waals surface area (Å²) in [5.74, 6) is 0.0627. The molecule has 27 heavy (non-hydrogen) atoms. The predicted molar refractivity (Wildman–Crippen MR) is 92.1 cm³/mol. The standard InChI is InChI=1S/C19H18F3N3O2/c20-19(21,22)14-7-4-8-16(23-14)25-10-9-18(13-5-2-1-3-6-13)15(11-25)27-12-17(26)24-18/h1-8,15H,9-12H2,(H,24,26)/t15-,18+/m1/s1. The lowest BCUT2D eigenvalue weighted by atomic mass is 9.77. The summed E-state index contributed by atoms with van der Waals surface area (Å²) < 4.78 is 44.7. The first-order valence-corrected chi connectivity index (χ1v) is 8.66. The molecular weight excluding hydrogens is 359 g/mol. The Bertz CT molecular complexity index is 844. The van der Waals surface area contributed by atoms with Crippen molar-refractivity contribution >= 4 is 11.7 Å². The van der Waals surface area contributed by atoms with Gasteiger partial charge < -0.3 is 15.0 Å². The lowest BCUT2D eigenvalue weighted by Crippen LogP contribution is -2.66. The minimum Gasteiger partial charge on any atom is -0.364 e. The fraction of sp³-hybridized carbons (Fsp3) is 0.368. The molecule has 1 amide bonds. The Labute approximate surface area is 154 Å². The van der Waals surface area contributed by atoms with Crippen molar-refractivity contribution in [1.82, 2.24) is 10.3 Å². The second-order valence-electron chi connectivity index (χ2n) is 6.76. The summed E-state index contributed by atoms with van der Waals surface area (Å²) in [5.41, 5.74) is -0.674. The maximum Gasteiger partial charge on any atom is 0.433 e. The van der Waals surface area contributed by atoms with Crippen LogP contribution in [0.2, 0.25) is 0 Å². The second kappa shape index (κ2) is 6.53. The molecule has 0 aliphatic carbocycles. The lowest BCUT2D eigenvalue weighted by Gasteiger charge is -2.50. The Balaban J connectivity index is 1.64. The van der Waals surface area contributed by atoms with Crippen LogP contribution in [-0.4, -0.2) is 36.7 Å². The zero-order valence-corrected chi connectivity index (χ0v) is 14.4. The molecule has 8 heteroatoms. The van der Waals surface area contributed by atoms with Gasteiger partial charge >= 0.3 is 6.18 Å². The molecule has 2 aromatic rings. The molecule has 1 N–H and O–H groups in total. The molecule has 2 saturated heterocycles. The number of fused-ring (bicyclic) bond motifs is 1. The molecule has 1 aromatic carbocycles. The number of carbonyl (C=O) groups excluding carboxylic acids is 1. The number of halogens is 3. The molecule has 0 saturated carbocycles. The molecule has 2 atom stereocenters. The van der Waals surface area contributed by atoms with E-state index in [4.69, 9.17) is 4.74 Å². The van der Waals surface area contributed by atoms with Gasteiger partial charge in [-0.05, 0) is 24.1 Å². The number of ether oxygens (including phenoxy) is 1. The Morgan fingerprint density at radius 1 is 1.15 bits per heavy atom. The molecule has 2 aliphatic rings. The molecule has 3 heterocycles. The van der Waals surface area contributed by atoms with Crippen molar-refractivity contribution in [3.8, 4) is 0 Å². The highest BCUT2D eigenvalue weighted by molar-refractivity contribution is 5.79. The topological polar surface area (TPSA) is 54.5 Å². The smallest absolute Gasteiger partial charge is 0.364 e. The van der Waals surface area contributed by atoms with E-state index in [0.717, 1.165) is 11.6 Å². The van der Waals surface area contributed by atoms with Gasteiger partial charge in [-0.2, -0.15) is 13.2 Å². The van der Waals surface area contributed by atoms with Crippen LogP contribution in [0, 0.1) is 0 Å². The fourth-order valence-electron chi connectivity index (χ4n) is 3.82. The first-order valence-electron chi connectivity index (χ1n) is 8.66. The minimum absolute atomic E-state index is 0.0664. The molecule has 0 radical (unpaired) electrons. The van der Waals surface area contributed by atoms with Crippen LogP contribution >= 0.6 is 0 Å². The lowest BCUT2D eigenvalue weighted by molar-refractivity contribution is -0.146. The Kier molecular flexibility index (Phi) is 4.30. The fourth-order valence-corrected chi connectivity index (χ4v) is 3.82. The van der Waals surface area contributed by atoms with Crippen molar-refractivity contribution < 1.29 is 22.7 Å². The molecule has 142 valence electrons. The average Bonchev–Trinajstić information content (AvgIpc) is 2.67. The van der Waals surface area contributed by atoms with Crippen LogP contribution < -0.4 is 10.2 Å². The van der Waals surface area contributed by atoms with Gasteiger partial charge in [0.15, 0.2) is 0 Å². The zero-order valence-electron chi connectivity index (χ0n) is 14.4. The van der Waals surface area contributed by atoms with Crippen molar-refractivity contribution in [2.75, 3.05) is 24.6 Å². The quantitative estimate of drug-likeness (QED) is 0.875. The number of benzene rings is 1. The molecule has 0 bridgehead atoms. The van der Waals surface area contributed by atoms with Crippen LogP contribution in [0.3, 0.4) is 0 Å². The highest BCUT2D eigenvalue weighted by Gasteiger charge is 2.49. The van der Waals surface area contributed by atoms with Crippen LogP contribution in [0.25, 0.3) is 0 Å². The predicted octanol–water partition coefficient (Wildman–Crippen LogP) is 2.72. The Hall–Kier alpha value is -2.61. The van der Waals surface area contributed by atoms with Gasteiger partial charge in [0.25, 0.3) is 0 Å². The summed E-state index contributed by atoms with van der Waals surface area (Å²) in [7, 11) is 0. The van der Waals surface area contributed by atoms with Crippen LogP contribution in [0.4, 0.5) is 19.0 Å². The van der Waals surface area contributed by atoms with Gasteiger partial charge in [0.2, 0.25) is 5.91 Å². The van der Waals surface area contributed by atoms with Gasteiger partial charge in [-0.15, -0.1) is 0 Å². The molecule has 0 spiro atoms. The number of amides is 1. The summed E-state index contributed by atoms with van der Waals surface area (Å²) in [5, 5.41) is 3.06. The van der Waals surface area contributed by atoms with Gasteiger partial charge in [-0.1, -0.05) is 36.4 Å². The summed E-state index contributed by atoms with van der Waals surface area (Å²) >= 11 is 0. The van der Waals surface area contributed by atoms with Crippen LogP contribution in [0.15, 0.2) is 48.5 Å². The van der Waals surface area contributed by atoms with Crippen molar-refractivity contribution in [2.24, 2.45) is 0 Å². The summed E-state index contributed by atoms with van der Waals surface area (Å²) in [6.45, 7) is 0.718. The number of piperidine rings is 1. The van der Waals surface area contributed by atoms with Gasteiger partial charge in [0, 0.05) is 13.1 Å².